The highest BCUT2D eigenvalue weighted by Crippen LogP contribution is 2.19. The van der Waals surface area contributed by atoms with Gasteiger partial charge in [0.1, 0.15) is 12.4 Å². The van der Waals surface area contributed by atoms with Gasteiger partial charge < -0.3 is 25.1 Å². The third kappa shape index (κ3) is 6.64. The second-order valence-corrected chi connectivity index (χ2v) is 3.69. The Hall–Kier alpha value is -1.79. The minimum atomic E-state index is -0.359. The van der Waals surface area contributed by atoms with Crippen LogP contribution < -0.4 is 10.5 Å². The van der Waals surface area contributed by atoms with Gasteiger partial charge in [-0.2, -0.15) is 0 Å². The largest absolute Gasteiger partial charge is 0.491 e. The first-order valence-corrected chi connectivity index (χ1v) is 6.05. The summed E-state index contributed by atoms with van der Waals surface area (Å²) in [6, 6.07) is 7.08. The summed E-state index contributed by atoms with van der Waals surface area (Å²) in [6.45, 7) is 0.865. The molecule has 1 aromatic carbocycles. The lowest BCUT2D eigenvalue weighted by molar-refractivity contribution is -0.145. The number of para-hydroxylation sites is 2. The van der Waals surface area contributed by atoms with E-state index in [9.17, 15) is 4.79 Å². The van der Waals surface area contributed by atoms with Gasteiger partial charge in [0.25, 0.3) is 0 Å². The molecule has 0 bridgehead atoms. The zero-order chi connectivity index (χ0) is 13.9. The number of rotatable bonds is 9. The number of ether oxygens (including phenoxy) is 3. The molecule has 19 heavy (non-hydrogen) atoms. The van der Waals surface area contributed by atoms with Crippen molar-refractivity contribution in [2.75, 3.05) is 38.8 Å². The summed E-state index contributed by atoms with van der Waals surface area (Å²) in [7, 11) is 0. The third-order valence-corrected chi connectivity index (χ3v) is 2.21. The Morgan fingerprint density at radius 1 is 1.16 bits per heavy atom. The van der Waals surface area contributed by atoms with E-state index in [4.69, 9.17) is 25.1 Å². The first-order valence-electron chi connectivity index (χ1n) is 6.05. The van der Waals surface area contributed by atoms with Gasteiger partial charge in [-0.15, -0.1) is 0 Å². The van der Waals surface area contributed by atoms with Crippen molar-refractivity contribution in [1.29, 1.82) is 0 Å². The summed E-state index contributed by atoms with van der Waals surface area (Å²) in [5.74, 6) is 0.198. The second-order valence-electron chi connectivity index (χ2n) is 3.69. The van der Waals surface area contributed by atoms with Gasteiger partial charge in [0, 0.05) is 0 Å². The van der Waals surface area contributed by atoms with Crippen LogP contribution in [0, 0.1) is 0 Å². The maximum Gasteiger partial charge on any atom is 0.309 e. The predicted octanol–water partition coefficient (Wildman–Crippen LogP) is 0.590. The zero-order valence-electron chi connectivity index (χ0n) is 10.7. The van der Waals surface area contributed by atoms with Crippen molar-refractivity contribution in [3.05, 3.63) is 24.3 Å². The number of hydrogen-bond acceptors (Lipinski definition) is 6. The van der Waals surface area contributed by atoms with Crippen LogP contribution in [0.2, 0.25) is 0 Å². The molecular formula is C13H19NO5. The van der Waals surface area contributed by atoms with Crippen LogP contribution in [0.5, 0.6) is 5.75 Å². The van der Waals surface area contributed by atoms with Crippen LogP contribution in [0.1, 0.15) is 6.42 Å². The Balaban J connectivity index is 2.09. The van der Waals surface area contributed by atoms with Crippen LogP contribution in [0.3, 0.4) is 0 Å². The van der Waals surface area contributed by atoms with Crippen molar-refractivity contribution in [2.24, 2.45) is 0 Å². The number of benzene rings is 1. The van der Waals surface area contributed by atoms with Gasteiger partial charge in [-0.3, -0.25) is 4.79 Å². The molecule has 0 radical (unpaired) electrons. The number of carbonyl (C=O) groups is 1. The van der Waals surface area contributed by atoms with Crippen molar-refractivity contribution in [3.8, 4) is 5.75 Å². The molecule has 6 heteroatoms. The van der Waals surface area contributed by atoms with Gasteiger partial charge in [-0.05, 0) is 12.1 Å². The molecule has 0 amide bonds. The molecule has 1 rings (SSSR count). The molecule has 0 spiro atoms. The smallest absolute Gasteiger partial charge is 0.309 e. The van der Waals surface area contributed by atoms with Crippen LogP contribution in [0.4, 0.5) is 5.69 Å². The molecular weight excluding hydrogens is 250 g/mol. The van der Waals surface area contributed by atoms with E-state index in [1.807, 2.05) is 12.1 Å². The average Bonchev–Trinajstić information content (AvgIpc) is 2.41. The van der Waals surface area contributed by atoms with E-state index in [1.54, 1.807) is 12.1 Å². The summed E-state index contributed by atoms with van der Waals surface area (Å²) in [4.78, 5) is 11.3. The lowest BCUT2D eigenvalue weighted by Crippen LogP contribution is -2.14. The SMILES string of the molecule is Nc1ccccc1OCCC(=O)OCCOCCO. The highest BCUT2D eigenvalue weighted by atomic mass is 16.6. The van der Waals surface area contributed by atoms with Crippen molar-refractivity contribution in [3.63, 3.8) is 0 Å². The van der Waals surface area contributed by atoms with E-state index < -0.39 is 0 Å². The molecule has 0 aliphatic carbocycles. The molecule has 106 valence electrons. The van der Waals surface area contributed by atoms with Crippen LogP contribution in [-0.2, 0) is 14.3 Å². The van der Waals surface area contributed by atoms with Crippen LogP contribution in [0.15, 0.2) is 24.3 Å². The van der Waals surface area contributed by atoms with E-state index in [0.29, 0.717) is 11.4 Å². The number of nitrogens with two attached hydrogens (primary N) is 1. The van der Waals surface area contributed by atoms with Gasteiger partial charge in [-0.25, -0.2) is 0 Å². The number of esters is 1. The predicted molar refractivity (Wildman–Crippen MR) is 69.8 cm³/mol. The molecule has 0 aliphatic heterocycles. The first kappa shape index (κ1) is 15.3. The lowest BCUT2D eigenvalue weighted by Gasteiger charge is -2.08. The summed E-state index contributed by atoms with van der Waals surface area (Å²) in [5, 5.41) is 8.46. The Kier molecular flexibility index (Phi) is 7.38. The van der Waals surface area contributed by atoms with Crippen molar-refractivity contribution >= 4 is 11.7 Å². The fourth-order valence-corrected chi connectivity index (χ4v) is 1.31. The van der Waals surface area contributed by atoms with Crippen molar-refractivity contribution < 1.29 is 24.1 Å². The van der Waals surface area contributed by atoms with Crippen molar-refractivity contribution in [2.45, 2.75) is 6.42 Å². The maximum absolute atomic E-state index is 11.3. The maximum atomic E-state index is 11.3. The first-order chi connectivity index (χ1) is 9.24. The highest BCUT2D eigenvalue weighted by Gasteiger charge is 2.04. The van der Waals surface area contributed by atoms with Crippen LogP contribution >= 0.6 is 0 Å². The molecule has 0 heterocycles. The minimum absolute atomic E-state index is 0.0414. The second kappa shape index (κ2) is 9.18. The number of aliphatic hydroxyl groups excluding tert-OH is 1. The zero-order valence-corrected chi connectivity index (χ0v) is 10.7. The van der Waals surface area contributed by atoms with E-state index >= 15 is 0 Å². The molecule has 1 aromatic rings. The lowest BCUT2D eigenvalue weighted by atomic mass is 10.3. The average molecular weight is 269 g/mol. The van der Waals surface area contributed by atoms with E-state index in [0.717, 1.165) is 0 Å². The van der Waals surface area contributed by atoms with E-state index in [2.05, 4.69) is 0 Å². The molecule has 0 unspecified atom stereocenters. The molecule has 0 atom stereocenters. The van der Waals surface area contributed by atoms with Gasteiger partial charge >= 0.3 is 5.97 Å². The standard InChI is InChI=1S/C13H19NO5/c14-11-3-1-2-4-12(11)18-7-5-13(16)19-10-9-17-8-6-15/h1-4,15H,5-10,14H2. The number of carbonyl (C=O) groups excluding carboxylic acids is 1. The molecule has 6 nitrogen and oxygen atoms in total. The molecule has 0 saturated carbocycles. The number of nitrogen functional groups attached to an aromatic ring is 1. The summed E-state index contributed by atoms with van der Waals surface area (Å²) in [5.41, 5.74) is 6.22. The van der Waals surface area contributed by atoms with Crippen molar-refractivity contribution in [1.82, 2.24) is 0 Å². The molecule has 0 aromatic heterocycles. The molecule has 0 saturated heterocycles. The van der Waals surface area contributed by atoms with E-state index in [-0.39, 0.29) is 45.4 Å². The number of aliphatic hydroxyl groups is 1. The summed E-state index contributed by atoms with van der Waals surface area (Å²) < 4.78 is 15.2. The monoisotopic (exact) mass is 269 g/mol. The number of hydrogen-bond donors (Lipinski definition) is 2. The summed E-state index contributed by atoms with van der Waals surface area (Å²) >= 11 is 0. The van der Waals surface area contributed by atoms with Gasteiger partial charge in [0.2, 0.25) is 0 Å². The number of anilines is 1. The van der Waals surface area contributed by atoms with Gasteiger partial charge in [0.15, 0.2) is 0 Å². The van der Waals surface area contributed by atoms with Crippen LogP contribution in [0.25, 0.3) is 0 Å². The Labute approximate surface area is 112 Å². The van der Waals surface area contributed by atoms with Gasteiger partial charge in [0.05, 0.1) is 38.5 Å². The van der Waals surface area contributed by atoms with Crippen LogP contribution in [-0.4, -0.2) is 44.1 Å². The Morgan fingerprint density at radius 2 is 1.95 bits per heavy atom. The molecule has 3 N–H and O–H groups in total. The van der Waals surface area contributed by atoms with E-state index in [1.165, 1.54) is 0 Å². The Bertz CT molecular complexity index is 383. The fourth-order valence-electron chi connectivity index (χ4n) is 1.31. The highest BCUT2D eigenvalue weighted by molar-refractivity contribution is 5.69. The fraction of sp³-hybridized carbons (Fsp3) is 0.462. The topological polar surface area (TPSA) is 91.0 Å². The summed E-state index contributed by atoms with van der Waals surface area (Å²) in [6.07, 6.45) is 0.147. The quantitative estimate of drug-likeness (QED) is 0.387. The molecule has 0 aliphatic rings. The third-order valence-electron chi connectivity index (χ3n) is 2.21. The van der Waals surface area contributed by atoms with Gasteiger partial charge in [-0.1, -0.05) is 12.1 Å². The Morgan fingerprint density at radius 3 is 2.68 bits per heavy atom. The minimum Gasteiger partial charge on any atom is -0.491 e. The molecule has 0 fully saturated rings. The normalized spacial score (nSPS) is 10.2.